The van der Waals surface area contributed by atoms with Crippen molar-refractivity contribution >= 4 is 43.2 Å². The van der Waals surface area contributed by atoms with Gasteiger partial charge in [0.15, 0.2) is 10.0 Å². The Hall–Kier alpha value is -1.25. The van der Waals surface area contributed by atoms with Crippen LogP contribution in [0.5, 0.6) is 0 Å². The van der Waals surface area contributed by atoms with Crippen molar-refractivity contribution in [2.24, 2.45) is 0 Å². The summed E-state index contributed by atoms with van der Waals surface area (Å²) in [6, 6.07) is 4.08. The third-order valence-corrected chi connectivity index (χ3v) is 4.39. The topological polar surface area (TPSA) is 59.1 Å². The Morgan fingerprint density at radius 1 is 1.25 bits per heavy atom. The van der Waals surface area contributed by atoms with Gasteiger partial charge in [-0.3, -0.25) is 4.72 Å². The first kappa shape index (κ1) is 15.1. The lowest BCUT2D eigenvalue weighted by Gasteiger charge is -2.10. The zero-order chi connectivity index (χ0) is 14.9. The van der Waals surface area contributed by atoms with Gasteiger partial charge in [0.1, 0.15) is 11.6 Å². The van der Waals surface area contributed by atoms with Crippen LogP contribution in [0.25, 0.3) is 0 Å². The number of nitrogens with one attached hydrogen (secondary N) is 1. The molecule has 0 saturated heterocycles. The lowest BCUT2D eigenvalue weighted by molar-refractivity contribution is 0.521. The standard InChI is InChI=1S/C11H6BrClF2N2O2S/c12-6-4-9(11(13)16-5-6)17-20(18,19)10-7(14)2-1-3-8(10)15/h1-5,17H. The van der Waals surface area contributed by atoms with Gasteiger partial charge in [-0.05, 0) is 34.1 Å². The molecule has 0 radical (unpaired) electrons. The first-order valence-electron chi connectivity index (χ1n) is 5.09. The van der Waals surface area contributed by atoms with Crippen LogP contribution in [-0.4, -0.2) is 13.4 Å². The van der Waals surface area contributed by atoms with Crippen molar-refractivity contribution in [1.82, 2.24) is 4.98 Å². The molecule has 0 aliphatic rings. The normalized spacial score (nSPS) is 11.4. The molecule has 2 rings (SSSR count). The summed E-state index contributed by atoms with van der Waals surface area (Å²) in [5, 5.41) is -0.145. The van der Waals surface area contributed by atoms with Crippen LogP contribution in [0.3, 0.4) is 0 Å². The van der Waals surface area contributed by atoms with Crippen LogP contribution in [0.1, 0.15) is 0 Å². The fourth-order valence-corrected chi connectivity index (χ4v) is 3.16. The first-order chi connectivity index (χ1) is 9.31. The van der Waals surface area contributed by atoms with Gasteiger partial charge in [0, 0.05) is 10.7 Å². The Morgan fingerprint density at radius 3 is 2.45 bits per heavy atom. The Kier molecular flexibility index (Phi) is 4.26. The predicted molar refractivity (Wildman–Crippen MR) is 74.1 cm³/mol. The maximum atomic E-state index is 13.5. The van der Waals surface area contributed by atoms with Crippen LogP contribution < -0.4 is 4.72 Å². The average molecular weight is 384 g/mol. The van der Waals surface area contributed by atoms with Gasteiger partial charge < -0.3 is 0 Å². The number of sulfonamides is 1. The predicted octanol–water partition coefficient (Wildman–Crippen LogP) is 3.58. The highest BCUT2D eigenvalue weighted by Gasteiger charge is 2.24. The van der Waals surface area contributed by atoms with E-state index in [0.717, 1.165) is 18.2 Å². The third-order valence-electron chi connectivity index (χ3n) is 2.24. The van der Waals surface area contributed by atoms with E-state index < -0.39 is 26.6 Å². The van der Waals surface area contributed by atoms with E-state index in [0.29, 0.717) is 4.47 Å². The Morgan fingerprint density at radius 2 is 1.85 bits per heavy atom. The van der Waals surface area contributed by atoms with E-state index in [9.17, 15) is 17.2 Å². The molecule has 0 aliphatic carbocycles. The van der Waals surface area contributed by atoms with Gasteiger partial charge in [-0.2, -0.15) is 0 Å². The molecule has 0 fully saturated rings. The minimum Gasteiger partial charge on any atom is -0.276 e. The highest BCUT2D eigenvalue weighted by Crippen LogP contribution is 2.27. The van der Waals surface area contributed by atoms with E-state index in [2.05, 4.69) is 20.9 Å². The smallest absolute Gasteiger partial charge is 0.267 e. The maximum Gasteiger partial charge on any atom is 0.267 e. The average Bonchev–Trinajstić information content (AvgIpc) is 2.33. The van der Waals surface area contributed by atoms with Crippen LogP contribution in [0, 0.1) is 11.6 Å². The number of benzene rings is 1. The van der Waals surface area contributed by atoms with E-state index in [-0.39, 0.29) is 10.8 Å². The van der Waals surface area contributed by atoms with E-state index in [1.807, 2.05) is 4.72 Å². The highest BCUT2D eigenvalue weighted by molar-refractivity contribution is 9.10. The molecule has 20 heavy (non-hydrogen) atoms. The molecule has 0 bridgehead atoms. The molecular weight excluding hydrogens is 378 g/mol. The van der Waals surface area contributed by atoms with Crippen LogP contribution in [0.15, 0.2) is 39.8 Å². The zero-order valence-corrected chi connectivity index (χ0v) is 12.7. The Balaban J connectivity index is 2.49. The van der Waals surface area contributed by atoms with Crippen molar-refractivity contribution in [2.45, 2.75) is 4.90 Å². The molecule has 2 aromatic rings. The van der Waals surface area contributed by atoms with Crippen molar-refractivity contribution in [2.75, 3.05) is 4.72 Å². The summed E-state index contributed by atoms with van der Waals surface area (Å²) in [4.78, 5) is 2.63. The summed E-state index contributed by atoms with van der Waals surface area (Å²) in [7, 11) is -4.46. The summed E-state index contributed by atoms with van der Waals surface area (Å²) in [6.45, 7) is 0. The molecule has 1 aromatic carbocycles. The summed E-state index contributed by atoms with van der Waals surface area (Å²) < 4.78 is 53.5. The monoisotopic (exact) mass is 382 g/mol. The second-order valence-electron chi connectivity index (χ2n) is 3.65. The summed E-state index contributed by atoms with van der Waals surface area (Å²) >= 11 is 8.81. The molecule has 0 spiro atoms. The number of halogens is 4. The van der Waals surface area contributed by atoms with Gasteiger partial charge in [0.25, 0.3) is 10.0 Å². The van der Waals surface area contributed by atoms with Crippen LogP contribution >= 0.6 is 27.5 Å². The van der Waals surface area contributed by atoms with Crippen molar-refractivity contribution < 1.29 is 17.2 Å². The summed E-state index contributed by atoms with van der Waals surface area (Å²) in [6.07, 6.45) is 1.35. The van der Waals surface area contributed by atoms with Gasteiger partial charge in [0.2, 0.25) is 0 Å². The van der Waals surface area contributed by atoms with Crippen molar-refractivity contribution in [3.05, 3.63) is 51.7 Å². The van der Waals surface area contributed by atoms with Crippen molar-refractivity contribution in [1.29, 1.82) is 0 Å². The number of nitrogens with zero attached hydrogens (tertiary/aromatic N) is 1. The molecule has 0 amide bonds. The van der Waals surface area contributed by atoms with Crippen molar-refractivity contribution in [3.63, 3.8) is 0 Å². The largest absolute Gasteiger partial charge is 0.276 e. The van der Waals surface area contributed by atoms with Gasteiger partial charge in [0.05, 0.1) is 5.69 Å². The molecule has 4 nitrogen and oxygen atoms in total. The van der Waals surface area contributed by atoms with Crippen molar-refractivity contribution in [3.8, 4) is 0 Å². The van der Waals surface area contributed by atoms with Crippen LogP contribution in [0.2, 0.25) is 5.15 Å². The van der Waals surface area contributed by atoms with E-state index in [4.69, 9.17) is 11.6 Å². The molecule has 0 unspecified atom stereocenters. The number of pyridine rings is 1. The number of hydrogen-bond donors (Lipinski definition) is 1. The highest BCUT2D eigenvalue weighted by atomic mass is 79.9. The second kappa shape index (κ2) is 5.63. The molecule has 0 saturated carbocycles. The molecular formula is C11H6BrClF2N2O2S. The minimum absolute atomic E-state index is 0.0938. The van der Waals surface area contributed by atoms with Gasteiger partial charge in [-0.25, -0.2) is 22.2 Å². The number of rotatable bonds is 3. The fourth-order valence-electron chi connectivity index (χ4n) is 1.43. The summed E-state index contributed by atoms with van der Waals surface area (Å²) in [5.74, 6) is -2.40. The molecule has 1 heterocycles. The SMILES string of the molecule is O=S(=O)(Nc1cc(Br)cnc1Cl)c1c(F)cccc1F. The number of hydrogen-bond acceptors (Lipinski definition) is 3. The maximum absolute atomic E-state index is 13.5. The Bertz CT molecular complexity index is 751. The lowest BCUT2D eigenvalue weighted by Crippen LogP contribution is -2.17. The van der Waals surface area contributed by atoms with E-state index >= 15 is 0 Å². The number of anilines is 1. The molecule has 0 atom stereocenters. The number of aromatic nitrogens is 1. The van der Waals surface area contributed by atoms with Gasteiger partial charge in [-0.15, -0.1) is 0 Å². The first-order valence-corrected chi connectivity index (χ1v) is 7.74. The lowest BCUT2D eigenvalue weighted by atomic mass is 10.3. The second-order valence-corrected chi connectivity index (χ2v) is 6.54. The molecule has 106 valence electrons. The third kappa shape index (κ3) is 3.08. The molecule has 9 heteroatoms. The quantitative estimate of drug-likeness (QED) is 0.824. The van der Waals surface area contributed by atoms with E-state index in [1.165, 1.54) is 12.3 Å². The fraction of sp³-hybridized carbons (Fsp3) is 0. The van der Waals surface area contributed by atoms with Gasteiger partial charge >= 0.3 is 0 Å². The minimum atomic E-state index is -4.46. The van der Waals surface area contributed by atoms with E-state index in [1.54, 1.807) is 0 Å². The van der Waals surface area contributed by atoms with Crippen LogP contribution in [0.4, 0.5) is 14.5 Å². The molecule has 1 N–H and O–H groups in total. The van der Waals surface area contributed by atoms with Crippen LogP contribution in [-0.2, 0) is 10.0 Å². The zero-order valence-electron chi connectivity index (χ0n) is 9.57. The molecule has 0 aliphatic heterocycles. The summed E-state index contributed by atoms with van der Waals surface area (Å²) in [5.41, 5.74) is -0.0938. The van der Waals surface area contributed by atoms with Gasteiger partial charge in [-0.1, -0.05) is 17.7 Å². The molecule has 1 aromatic heterocycles. The Labute approximate surface area is 127 Å².